The van der Waals surface area contributed by atoms with Gasteiger partial charge in [0.05, 0.1) is 5.39 Å². The first-order chi connectivity index (χ1) is 11.1. The molecule has 0 aliphatic heterocycles. The van der Waals surface area contributed by atoms with E-state index in [9.17, 15) is 0 Å². The molecule has 0 amide bonds. The highest BCUT2D eigenvalue weighted by atomic mass is 35.5. The van der Waals surface area contributed by atoms with Crippen molar-refractivity contribution in [2.45, 2.75) is 39.5 Å². The zero-order valence-electron chi connectivity index (χ0n) is 13.2. The van der Waals surface area contributed by atoms with Crippen LogP contribution in [0.1, 0.15) is 34.7 Å². The molecule has 0 bridgehead atoms. The molecule has 2 heterocycles. The molecule has 0 spiro atoms. The molecule has 5 heteroatoms. The standard InChI is InChI=1S/C18H18ClN3S/c1-10-7-8-12(19)9-14(10)22-17-16-13-5-3-4-6-15(13)23-18(16)21-11(2)20-17/h7-9H,3-6H2,1-2H3,(H,20,21,22). The normalized spacial score (nSPS) is 14.0. The largest absolute Gasteiger partial charge is 0.339 e. The molecule has 1 aromatic carbocycles. The smallest absolute Gasteiger partial charge is 0.143 e. The fourth-order valence-corrected chi connectivity index (χ4v) is 4.69. The summed E-state index contributed by atoms with van der Waals surface area (Å²) in [4.78, 5) is 11.9. The zero-order valence-corrected chi connectivity index (χ0v) is 14.8. The molecule has 0 saturated carbocycles. The SMILES string of the molecule is Cc1nc(Nc2cc(Cl)ccc2C)c2c3c(sc2n1)CCCC3. The first-order valence-corrected chi connectivity index (χ1v) is 9.13. The Labute approximate surface area is 144 Å². The van der Waals surface area contributed by atoms with Gasteiger partial charge in [0.25, 0.3) is 0 Å². The molecule has 0 radical (unpaired) electrons. The van der Waals surface area contributed by atoms with Crippen molar-refractivity contribution in [3.63, 3.8) is 0 Å². The molecule has 1 N–H and O–H groups in total. The molecule has 0 saturated heterocycles. The van der Waals surface area contributed by atoms with Crippen molar-refractivity contribution >= 4 is 44.7 Å². The third-order valence-electron chi connectivity index (χ3n) is 4.38. The van der Waals surface area contributed by atoms with Gasteiger partial charge in [0.2, 0.25) is 0 Å². The molecule has 118 valence electrons. The molecule has 0 unspecified atom stereocenters. The maximum absolute atomic E-state index is 6.16. The summed E-state index contributed by atoms with van der Waals surface area (Å²) in [5.74, 6) is 1.72. The Morgan fingerprint density at radius 2 is 1.96 bits per heavy atom. The van der Waals surface area contributed by atoms with Crippen molar-refractivity contribution in [2.24, 2.45) is 0 Å². The van der Waals surface area contributed by atoms with Gasteiger partial charge in [-0.15, -0.1) is 11.3 Å². The molecular formula is C18H18ClN3S. The minimum atomic E-state index is 0.729. The van der Waals surface area contributed by atoms with Crippen molar-refractivity contribution in [3.05, 3.63) is 45.1 Å². The van der Waals surface area contributed by atoms with Crippen LogP contribution in [0.25, 0.3) is 10.2 Å². The van der Waals surface area contributed by atoms with Crippen molar-refractivity contribution in [3.8, 4) is 0 Å². The Hall–Kier alpha value is -1.65. The van der Waals surface area contributed by atoms with Crippen LogP contribution in [-0.4, -0.2) is 9.97 Å². The number of aromatic nitrogens is 2. The second-order valence-electron chi connectivity index (χ2n) is 6.09. The molecule has 3 nitrogen and oxygen atoms in total. The minimum Gasteiger partial charge on any atom is -0.339 e. The summed E-state index contributed by atoms with van der Waals surface area (Å²) in [5.41, 5.74) is 3.61. The Kier molecular flexibility index (Phi) is 3.74. The molecule has 0 atom stereocenters. The number of benzene rings is 1. The van der Waals surface area contributed by atoms with Crippen LogP contribution in [0.4, 0.5) is 11.5 Å². The monoisotopic (exact) mass is 343 g/mol. The first-order valence-electron chi connectivity index (χ1n) is 7.94. The second-order valence-corrected chi connectivity index (χ2v) is 7.61. The maximum Gasteiger partial charge on any atom is 0.143 e. The lowest BCUT2D eigenvalue weighted by Crippen LogP contribution is -2.02. The fourth-order valence-electron chi connectivity index (χ4n) is 3.21. The number of hydrogen-bond acceptors (Lipinski definition) is 4. The number of halogens is 1. The van der Waals surface area contributed by atoms with Crippen LogP contribution in [0.3, 0.4) is 0 Å². The van der Waals surface area contributed by atoms with Gasteiger partial charge >= 0.3 is 0 Å². The summed E-state index contributed by atoms with van der Waals surface area (Å²) in [6.45, 7) is 4.03. The summed E-state index contributed by atoms with van der Waals surface area (Å²) in [5, 5.41) is 5.44. The number of rotatable bonds is 2. The zero-order chi connectivity index (χ0) is 16.0. The number of nitrogens with one attached hydrogen (secondary N) is 1. The van der Waals surface area contributed by atoms with Crippen molar-refractivity contribution in [1.29, 1.82) is 0 Å². The average Bonchev–Trinajstić information content (AvgIpc) is 2.89. The number of hydrogen-bond donors (Lipinski definition) is 1. The van der Waals surface area contributed by atoms with E-state index in [-0.39, 0.29) is 0 Å². The highest BCUT2D eigenvalue weighted by molar-refractivity contribution is 7.19. The third-order valence-corrected chi connectivity index (χ3v) is 5.80. The van der Waals surface area contributed by atoms with Crippen LogP contribution in [-0.2, 0) is 12.8 Å². The summed E-state index contributed by atoms with van der Waals surface area (Å²) >= 11 is 7.98. The van der Waals surface area contributed by atoms with Crippen LogP contribution in [0, 0.1) is 13.8 Å². The van der Waals surface area contributed by atoms with E-state index in [1.165, 1.54) is 35.1 Å². The van der Waals surface area contributed by atoms with E-state index in [2.05, 4.69) is 22.2 Å². The Morgan fingerprint density at radius 3 is 2.83 bits per heavy atom. The van der Waals surface area contributed by atoms with Crippen LogP contribution in [0.5, 0.6) is 0 Å². The van der Waals surface area contributed by atoms with Crippen LogP contribution < -0.4 is 5.32 Å². The van der Waals surface area contributed by atoms with Gasteiger partial charge in [-0.05, 0) is 62.8 Å². The number of fused-ring (bicyclic) bond motifs is 3. The van der Waals surface area contributed by atoms with Crippen molar-refractivity contribution in [1.82, 2.24) is 9.97 Å². The molecule has 4 rings (SSSR count). The summed E-state index contributed by atoms with van der Waals surface area (Å²) < 4.78 is 0. The van der Waals surface area contributed by atoms with E-state index in [1.807, 2.05) is 36.5 Å². The molecule has 1 aliphatic rings. The fraction of sp³-hybridized carbons (Fsp3) is 0.333. The summed E-state index contributed by atoms with van der Waals surface area (Å²) in [7, 11) is 0. The molecule has 23 heavy (non-hydrogen) atoms. The van der Waals surface area contributed by atoms with Crippen molar-refractivity contribution < 1.29 is 0 Å². The first kappa shape index (κ1) is 14.9. The number of aryl methyl sites for hydroxylation is 4. The lowest BCUT2D eigenvalue weighted by Gasteiger charge is -2.14. The van der Waals surface area contributed by atoms with E-state index < -0.39 is 0 Å². The van der Waals surface area contributed by atoms with E-state index in [0.717, 1.165) is 39.2 Å². The predicted molar refractivity (Wildman–Crippen MR) is 98.3 cm³/mol. The van der Waals surface area contributed by atoms with Gasteiger partial charge in [-0.25, -0.2) is 9.97 Å². The number of anilines is 2. The Morgan fingerprint density at radius 1 is 1.13 bits per heavy atom. The number of nitrogens with zero attached hydrogens (tertiary/aromatic N) is 2. The average molecular weight is 344 g/mol. The van der Waals surface area contributed by atoms with Gasteiger partial charge in [-0.3, -0.25) is 0 Å². The van der Waals surface area contributed by atoms with E-state index >= 15 is 0 Å². The maximum atomic E-state index is 6.16. The summed E-state index contributed by atoms with van der Waals surface area (Å²) in [6, 6.07) is 5.90. The predicted octanol–water partition coefficient (Wildman–Crippen LogP) is 5.58. The quantitative estimate of drug-likeness (QED) is 0.659. The topological polar surface area (TPSA) is 37.8 Å². The molecular weight excluding hydrogens is 326 g/mol. The van der Waals surface area contributed by atoms with Gasteiger partial charge in [-0.1, -0.05) is 17.7 Å². The van der Waals surface area contributed by atoms with Gasteiger partial charge in [0.1, 0.15) is 16.5 Å². The molecule has 2 aromatic heterocycles. The Bertz CT molecular complexity index is 901. The molecule has 3 aromatic rings. The summed E-state index contributed by atoms with van der Waals surface area (Å²) in [6.07, 6.45) is 4.83. The van der Waals surface area contributed by atoms with Gasteiger partial charge in [-0.2, -0.15) is 0 Å². The van der Waals surface area contributed by atoms with Crippen LogP contribution >= 0.6 is 22.9 Å². The molecule has 0 fully saturated rings. The number of thiophene rings is 1. The van der Waals surface area contributed by atoms with Crippen molar-refractivity contribution in [2.75, 3.05) is 5.32 Å². The van der Waals surface area contributed by atoms with E-state index in [4.69, 9.17) is 11.6 Å². The van der Waals surface area contributed by atoms with E-state index in [0.29, 0.717) is 0 Å². The Balaban J connectivity index is 1.88. The van der Waals surface area contributed by atoms with Gasteiger partial charge < -0.3 is 5.32 Å². The van der Waals surface area contributed by atoms with Crippen LogP contribution in [0.15, 0.2) is 18.2 Å². The second kappa shape index (κ2) is 5.77. The van der Waals surface area contributed by atoms with Gasteiger partial charge in [0.15, 0.2) is 0 Å². The minimum absolute atomic E-state index is 0.729. The van der Waals surface area contributed by atoms with Crippen LogP contribution in [0.2, 0.25) is 5.02 Å². The molecule has 1 aliphatic carbocycles. The highest BCUT2D eigenvalue weighted by Crippen LogP contribution is 2.39. The highest BCUT2D eigenvalue weighted by Gasteiger charge is 2.20. The lowest BCUT2D eigenvalue weighted by atomic mass is 9.97. The third kappa shape index (κ3) is 2.70. The van der Waals surface area contributed by atoms with Gasteiger partial charge in [0, 0.05) is 15.6 Å². The van der Waals surface area contributed by atoms with E-state index in [1.54, 1.807) is 0 Å². The lowest BCUT2D eigenvalue weighted by molar-refractivity contribution is 0.700.